The Morgan fingerprint density at radius 2 is 1.65 bits per heavy atom. The van der Waals surface area contributed by atoms with E-state index in [0.29, 0.717) is 58.5 Å². The second kappa shape index (κ2) is 10.1. The maximum absolute atomic E-state index is 13.5. The Morgan fingerprint density at radius 3 is 2.41 bits per heavy atom. The summed E-state index contributed by atoms with van der Waals surface area (Å²) in [5.41, 5.74) is 1.85. The number of hydrogen-bond acceptors (Lipinski definition) is 4. The topological polar surface area (TPSA) is 48.5 Å². The molecule has 1 aliphatic heterocycles. The number of aromatic nitrogens is 1. The van der Waals surface area contributed by atoms with Crippen molar-refractivity contribution in [1.29, 1.82) is 0 Å². The van der Waals surface area contributed by atoms with Crippen LogP contribution < -0.4 is 10.2 Å². The number of fused-ring (bicyclic) bond motifs is 1. The number of alkyl halides is 3. The van der Waals surface area contributed by atoms with Gasteiger partial charge in [0, 0.05) is 43.4 Å². The summed E-state index contributed by atoms with van der Waals surface area (Å²) < 4.78 is 39.4. The van der Waals surface area contributed by atoms with Crippen LogP contribution in [0.5, 0.6) is 0 Å². The largest absolute Gasteiger partial charge is 0.416 e. The lowest BCUT2D eigenvalue weighted by Crippen LogP contribution is -2.49. The minimum absolute atomic E-state index is 0.141. The summed E-state index contributed by atoms with van der Waals surface area (Å²) in [6.07, 6.45) is -3.02. The van der Waals surface area contributed by atoms with Crippen LogP contribution >= 0.6 is 23.2 Å². The van der Waals surface area contributed by atoms with Crippen LogP contribution in [0.15, 0.2) is 72.9 Å². The van der Waals surface area contributed by atoms with Gasteiger partial charge in [-0.1, -0.05) is 47.5 Å². The number of nitrogens with one attached hydrogen (secondary N) is 1. The number of carbonyl (C=O) groups excluding carboxylic acids is 1. The van der Waals surface area contributed by atoms with Gasteiger partial charge in [-0.3, -0.25) is 9.78 Å². The van der Waals surface area contributed by atoms with E-state index >= 15 is 0 Å². The van der Waals surface area contributed by atoms with Crippen LogP contribution in [0.4, 0.5) is 30.2 Å². The van der Waals surface area contributed by atoms with Gasteiger partial charge in [-0.25, -0.2) is 0 Å². The van der Waals surface area contributed by atoms with Crippen molar-refractivity contribution in [2.45, 2.75) is 6.18 Å². The summed E-state index contributed by atoms with van der Waals surface area (Å²) in [5.74, 6) is -0.141. The van der Waals surface area contributed by atoms with Crippen molar-refractivity contribution in [3.05, 3.63) is 94.1 Å². The fourth-order valence-corrected chi connectivity index (χ4v) is 4.83. The number of para-hydroxylation sites is 1. The summed E-state index contributed by atoms with van der Waals surface area (Å²) in [6.45, 7) is 2.18. The Labute approximate surface area is 221 Å². The van der Waals surface area contributed by atoms with Crippen LogP contribution in [0.1, 0.15) is 15.9 Å². The number of halogens is 5. The molecular weight excluding hydrogens is 524 g/mol. The van der Waals surface area contributed by atoms with Crippen LogP contribution in [0.2, 0.25) is 10.0 Å². The van der Waals surface area contributed by atoms with Crippen molar-refractivity contribution in [2.75, 3.05) is 36.4 Å². The molecule has 3 aromatic carbocycles. The van der Waals surface area contributed by atoms with Gasteiger partial charge < -0.3 is 15.1 Å². The molecule has 10 heteroatoms. The highest BCUT2D eigenvalue weighted by atomic mass is 35.5. The van der Waals surface area contributed by atoms with Crippen LogP contribution in [-0.4, -0.2) is 42.0 Å². The lowest BCUT2D eigenvalue weighted by Gasteiger charge is -2.36. The molecule has 1 N–H and O–H groups in total. The number of anilines is 3. The van der Waals surface area contributed by atoms with E-state index in [1.54, 1.807) is 41.3 Å². The van der Waals surface area contributed by atoms with E-state index in [2.05, 4.69) is 15.2 Å². The first-order valence-electron chi connectivity index (χ1n) is 11.5. The maximum atomic E-state index is 13.5. The lowest BCUT2D eigenvalue weighted by atomic mass is 10.1. The number of piperazine rings is 1. The molecule has 37 heavy (non-hydrogen) atoms. The molecular formula is C27H21Cl2F3N4O. The van der Waals surface area contributed by atoms with Crippen LogP contribution in [0.3, 0.4) is 0 Å². The van der Waals surface area contributed by atoms with Crippen LogP contribution in [-0.2, 0) is 6.18 Å². The van der Waals surface area contributed by atoms with Gasteiger partial charge in [-0.05, 0) is 42.5 Å². The molecule has 5 nitrogen and oxygen atoms in total. The Morgan fingerprint density at radius 1 is 0.892 bits per heavy atom. The third kappa shape index (κ3) is 5.17. The summed E-state index contributed by atoms with van der Waals surface area (Å²) in [5, 5.41) is 4.72. The normalized spacial score (nSPS) is 14.2. The Balaban J connectivity index is 1.36. The average Bonchev–Trinajstić information content (AvgIpc) is 2.90. The lowest BCUT2D eigenvalue weighted by molar-refractivity contribution is -0.137. The molecule has 0 radical (unpaired) electrons. The van der Waals surface area contributed by atoms with E-state index in [1.165, 1.54) is 12.3 Å². The minimum Gasteiger partial charge on any atom is -0.367 e. The highest BCUT2D eigenvalue weighted by molar-refractivity contribution is 6.43. The quantitative estimate of drug-likeness (QED) is 0.293. The molecule has 1 fully saturated rings. The number of benzene rings is 3. The second-order valence-corrected chi connectivity index (χ2v) is 9.40. The molecule has 0 spiro atoms. The molecule has 1 saturated heterocycles. The van der Waals surface area contributed by atoms with E-state index in [0.717, 1.165) is 17.8 Å². The van der Waals surface area contributed by atoms with Gasteiger partial charge in [-0.15, -0.1) is 0 Å². The number of nitrogens with zero attached hydrogens (tertiary/aromatic N) is 3. The van der Waals surface area contributed by atoms with Gasteiger partial charge in [0.05, 0.1) is 38.1 Å². The van der Waals surface area contributed by atoms with Gasteiger partial charge >= 0.3 is 6.18 Å². The number of carbonyl (C=O) groups is 1. The summed E-state index contributed by atoms with van der Waals surface area (Å²) in [6, 6.07) is 17.7. The second-order valence-electron chi connectivity index (χ2n) is 8.61. The van der Waals surface area contributed by atoms with Crippen molar-refractivity contribution < 1.29 is 18.0 Å². The zero-order chi connectivity index (χ0) is 26.2. The van der Waals surface area contributed by atoms with E-state index < -0.39 is 11.7 Å². The van der Waals surface area contributed by atoms with Crippen molar-refractivity contribution in [3.8, 4) is 0 Å². The number of amides is 1. The zero-order valence-corrected chi connectivity index (χ0v) is 20.9. The molecule has 4 aromatic rings. The molecule has 1 aliphatic rings. The smallest absolute Gasteiger partial charge is 0.367 e. The zero-order valence-electron chi connectivity index (χ0n) is 19.4. The Kier molecular flexibility index (Phi) is 6.88. The predicted molar refractivity (Wildman–Crippen MR) is 141 cm³/mol. The molecule has 1 amide bonds. The van der Waals surface area contributed by atoms with Gasteiger partial charge in [0.25, 0.3) is 5.91 Å². The standard InChI is InChI=1S/C27H21Cl2F3N4O/c28-20-5-3-7-24(25(20)29)35-12-14-36(15-13-35)26(37)19-4-1-2-6-21(19)34-22-10-11-33-23-16-17(27(30,31)32)8-9-18(22)23/h1-11,16H,12-15H2,(H,33,34). The molecule has 0 aliphatic carbocycles. The van der Waals surface area contributed by atoms with Gasteiger partial charge in [-0.2, -0.15) is 13.2 Å². The molecule has 5 rings (SSSR count). The van der Waals surface area contributed by atoms with Crippen molar-refractivity contribution in [1.82, 2.24) is 9.88 Å². The van der Waals surface area contributed by atoms with Crippen molar-refractivity contribution in [3.63, 3.8) is 0 Å². The van der Waals surface area contributed by atoms with E-state index in [9.17, 15) is 18.0 Å². The third-order valence-electron chi connectivity index (χ3n) is 6.34. The number of rotatable bonds is 4. The van der Waals surface area contributed by atoms with E-state index in [1.807, 2.05) is 12.1 Å². The first-order chi connectivity index (χ1) is 17.7. The highest BCUT2D eigenvalue weighted by Gasteiger charge is 2.31. The monoisotopic (exact) mass is 544 g/mol. The molecule has 0 bridgehead atoms. The van der Waals surface area contributed by atoms with Gasteiger partial charge in [0.2, 0.25) is 0 Å². The fraction of sp³-hybridized carbons (Fsp3) is 0.185. The average molecular weight is 545 g/mol. The predicted octanol–water partition coefficient (Wildman–Crippen LogP) is 7.27. The minimum atomic E-state index is -4.46. The molecule has 0 atom stereocenters. The molecule has 2 heterocycles. The summed E-state index contributed by atoms with van der Waals surface area (Å²) in [7, 11) is 0. The van der Waals surface area contributed by atoms with Gasteiger partial charge in [0.1, 0.15) is 0 Å². The van der Waals surface area contributed by atoms with Gasteiger partial charge in [0.15, 0.2) is 0 Å². The first-order valence-corrected chi connectivity index (χ1v) is 12.3. The Hall–Kier alpha value is -3.49. The third-order valence-corrected chi connectivity index (χ3v) is 7.14. The number of pyridine rings is 1. The summed E-state index contributed by atoms with van der Waals surface area (Å²) >= 11 is 12.5. The Bertz CT molecular complexity index is 1470. The van der Waals surface area contributed by atoms with Crippen molar-refractivity contribution in [2.24, 2.45) is 0 Å². The van der Waals surface area contributed by atoms with Crippen LogP contribution in [0, 0.1) is 0 Å². The molecule has 0 saturated carbocycles. The van der Waals surface area contributed by atoms with E-state index in [4.69, 9.17) is 23.2 Å². The van der Waals surface area contributed by atoms with E-state index in [-0.39, 0.29) is 11.4 Å². The molecule has 0 unspecified atom stereocenters. The van der Waals surface area contributed by atoms with Crippen LogP contribution in [0.25, 0.3) is 10.9 Å². The molecule has 1 aromatic heterocycles. The fourth-order valence-electron chi connectivity index (χ4n) is 4.41. The SMILES string of the molecule is O=C(c1ccccc1Nc1ccnc2cc(C(F)(F)F)ccc12)N1CCN(c2cccc(Cl)c2Cl)CC1. The maximum Gasteiger partial charge on any atom is 0.416 e. The number of hydrogen-bond donors (Lipinski definition) is 1. The first kappa shape index (κ1) is 25.2. The highest BCUT2D eigenvalue weighted by Crippen LogP contribution is 2.35. The summed E-state index contributed by atoms with van der Waals surface area (Å²) in [4.78, 5) is 21.4. The molecule has 190 valence electrons. The van der Waals surface area contributed by atoms with Crippen molar-refractivity contribution >= 4 is 57.1 Å².